The molecule has 0 radical (unpaired) electrons. The Bertz CT molecular complexity index is 546. The van der Waals surface area contributed by atoms with Gasteiger partial charge in [-0.05, 0) is 0 Å². The summed E-state index contributed by atoms with van der Waals surface area (Å²) in [5.41, 5.74) is 1.97. The Morgan fingerprint density at radius 1 is 1.41 bits per heavy atom. The number of imidazole rings is 1. The SMILES string of the molecule is Cc1c(-c2ccccc2)n(CC(=O)O)c[n+]1[O-]. The highest BCUT2D eigenvalue weighted by molar-refractivity contribution is 5.69. The van der Waals surface area contributed by atoms with Gasteiger partial charge >= 0.3 is 5.97 Å². The predicted octanol–water partition coefficient (Wildman–Crippen LogP) is 1.18. The van der Waals surface area contributed by atoms with Crippen LogP contribution in [0.2, 0.25) is 0 Å². The van der Waals surface area contributed by atoms with Crippen LogP contribution in [0.4, 0.5) is 0 Å². The molecule has 0 amide bonds. The second-order valence-electron chi connectivity index (χ2n) is 3.76. The lowest BCUT2D eigenvalue weighted by atomic mass is 10.1. The fourth-order valence-corrected chi connectivity index (χ4v) is 1.82. The van der Waals surface area contributed by atoms with E-state index in [0.29, 0.717) is 16.1 Å². The van der Waals surface area contributed by atoms with Crippen molar-refractivity contribution in [2.75, 3.05) is 0 Å². The molecule has 5 heteroatoms. The Labute approximate surface area is 98.1 Å². The molecule has 88 valence electrons. The standard InChI is InChI=1S/C12H12N2O3/c1-9-12(10-5-3-2-4-6-10)13(7-11(15)16)8-14(9)17/h2-6,8H,7H2,1H3,(H,15,16). The average molecular weight is 232 g/mol. The third kappa shape index (κ3) is 2.13. The second kappa shape index (κ2) is 4.29. The highest BCUT2D eigenvalue weighted by Gasteiger charge is 2.20. The molecule has 2 rings (SSSR count). The summed E-state index contributed by atoms with van der Waals surface area (Å²) in [6.45, 7) is 1.45. The molecule has 5 nitrogen and oxygen atoms in total. The van der Waals surface area contributed by atoms with Crippen molar-refractivity contribution in [3.8, 4) is 11.3 Å². The van der Waals surface area contributed by atoms with Gasteiger partial charge in [-0.25, -0.2) is 14.1 Å². The fraction of sp³-hybridized carbons (Fsp3) is 0.167. The number of nitrogens with zero attached hydrogens (tertiary/aromatic N) is 2. The molecule has 1 aromatic heterocycles. The minimum absolute atomic E-state index is 0.222. The van der Waals surface area contributed by atoms with E-state index < -0.39 is 5.97 Å². The van der Waals surface area contributed by atoms with E-state index >= 15 is 0 Å². The van der Waals surface area contributed by atoms with Crippen LogP contribution in [-0.4, -0.2) is 15.6 Å². The van der Waals surface area contributed by atoms with E-state index in [4.69, 9.17) is 5.11 Å². The van der Waals surface area contributed by atoms with Gasteiger partial charge in [-0.1, -0.05) is 30.3 Å². The summed E-state index contributed by atoms with van der Waals surface area (Å²) in [6.07, 6.45) is 1.26. The maximum absolute atomic E-state index is 11.5. The summed E-state index contributed by atoms with van der Waals surface area (Å²) < 4.78 is 2.13. The number of hydrogen-bond donors (Lipinski definition) is 1. The Balaban J connectivity index is 2.55. The smallest absolute Gasteiger partial charge is 0.346 e. The number of carboxylic acid groups (broad SMARTS) is 1. The van der Waals surface area contributed by atoms with Gasteiger partial charge in [-0.15, -0.1) is 0 Å². The van der Waals surface area contributed by atoms with E-state index in [9.17, 15) is 10.0 Å². The van der Waals surface area contributed by atoms with Crippen molar-refractivity contribution in [1.82, 2.24) is 4.57 Å². The van der Waals surface area contributed by atoms with Gasteiger partial charge in [0, 0.05) is 12.5 Å². The van der Waals surface area contributed by atoms with Crippen LogP contribution in [0.3, 0.4) is 0 Å². The molecule has 0 saturated heterocycles. The predicted molar refractivity (Wildman–Crippen MR) is 61.2 cm³/mol. The summed E-state index contributed by atoms with van der Waals surface area (Å²) in [6, 6.07) is 9.26. The van der Waals surface area contributed by atoms with Crippen LogP contribution in [-0.2, 0) is 11.3 Å². The molecule has 0 unspecified atom stereocenters. The third-order valence-corrected chi connectivity index (χ3v) is 2.56. The van der Waals surface area contributed by atoms with Gasteiger partial charge in [-0.2, -0.15) is 0 Å². The van der Waals surface area contributed by atoms with E-state index in [-0.39, 0.29) is 6.54 Å². The van der Waals surface area contributed by atoms with Gasteiger partial charge in [0.2, 0.25) is 6.33 Å². The largest absolute Gasteiger partial charge is 0.711 e. The van der Waals surface area contributed by atoms with E-state index in [2.05, 4.69) is 0 Å². The van der Waals surface area contributed by atoms with Gasteiger partial charge in [0.1, 0.15) is 0 Å². The molecule has 1 heterocycles. The Hall–Kier alpha value is -2.30. The monoisotopic (exact) mass is 232 g/mol. The number of carbonyl (C=O) groups is 1. The van der Waals surface area contributed by atoms with Crippen LogP contribution >= 0.6 is 0 Å². The lowest BCUT2D eigenvalue weighted by Gasteiger charge is -2.01. The summed E-state index contributed by atoms with van der Waals surface area (Å²) in [5, 5.41) is 20.3. The van der Waals surface area contributed by atoms with Crippen LogP contribution < -0.4 is 4.73 Å². The highest BCUT2D eigenvalue weighted by atomic mass is 16.5. The minimum Gasteiger partial charge on any atom is -0.711 e. The van der Waals surface area contributed by atoms with Crippen molar-refractivity contribution in [3.05, 3.63) is 47.6 Å². The Kier molecular flexibility index (Phi) is 2.82. The van der Waals surface area contributed by atoms with Crippen molar-refractivity contribution in [2.24, 2.45) is 0 Å². The molecule has 1 N–H and O–H groups in total. The molecule has 1 aromatic carbocycles. The Morgan fingerprint density at radius 3 is 2.65 bits per heavy atom. The lowest BCUT2D eigenvalue weighted by Crippen LogP contribution is -2.26. The lowest BCUT2D eigenvalue weighted by molar-refractivity contribution is -0.611. The summed E-state index contributed by atoms with van der Waals surface area (Å²) in [4.78, 5) is 10.7. The van der Waals surface area contributed by atoms with E-state index in [1.54, 1.807) is 6.92 Å². The third-order valence-electron chi connectivity index (χ3n) is 2.56. The molecule has 17 heavy (non-hydrogen) atoms. The molecule has 2 aromatic rings. The molecular weight excluding hydrogens is 220 g/mol. The maximum Gasteiger partial charge on any atom is 0.346 e. The number of aromatic nitrogens is 2. The second-order valence-corrected chi connectivity index (χ2v) is 3.76. The molecule has 0 atom stereocenters. The van der Waals surface area contributed by atoms with Crippen LogP contribution in [0, 0.1) is 12.1 Å². The Morgan fingerprint density at radius 2 is 2.06 bits per heavy atom. The van der Waals surface area contributed by atoms with Gasteiger partial charge in [0.05, 0.1) is 0 Å². The quantitative estimate of drug-likeness (QED) is 0.638. The van der Waals surface area contributed by atoms with Crippen molar-refractivity contribution >= 4 is 5.97 Å². The molecule has 0 aliphatic heterocycles. The average Bonchev–Trinajstić information content (AvgIpc) is 2.55. The molecule has 0 spiro atoms. The minimum atomic E-state index is -0.974. The summed E-state index contributed by atoms with van der Waals surface area (Å²) in [5.74, 6) is -0.974. The molecular formula is C12H12N2O3. The van der Waals surface area contributed by atoms with Crippen molar-refractivity contribution in [1.29, 1.82) is 0 Å². The topological polar surface area (TPSA) is 69.2 Å². The van der Waals surface area contributed by atoms with Gasteiger partial charge in [0.25, 0.3) is 0 Å². The van der Waals surface area contributed by atoms with Gasteiger partial charge in [-0.3, -0.25) is 0 Å². The molecule has 0 bridgehead atoms. The van der Waals surface area contributed by atoms with Crippen LogP contribution in [0.25, 0.3) is 11.3 Å². The normalized spacial score (nSPS) is 10.4. The zero-order valence-electron chi connectivity index (χ0n) is 9.33. The number of hydrogen-bond acceptors (Lipinski definition) is 2. The number of rotatable bonds is 3. The number of benzene rings is 1. The van der Waals surface area contributed by atoms with E-state index in [1.807, 2.05) is 30.3 Å². The first-order valence-electron chi connectivity index (χ1n) is 5.15. The van der Waals surface area contributed by atoms with Gasteiger partial charge in [0.15, 0.2) is 17.9 Å². The number of carboxylic acids is 1. The van der Waals surface area contributed by atoms with Crippen molar-refractivity contribution in [2.45, 2.75) is 13.5 Å². The van der Waals surface area contributed by atoms with Crippen molar-refractivity contribution in [3.63, 3.8) is 0 Å². The number of aliphatic carboxylic acids is 1. The molecule has 0 saturated carbocycles. The fourth-order valence-electron chi connectivity index (χ4n) is 1.82. The van der Waals surface area contributed by atoms with Crippen molar-refractivity contribution < 1.29 is 14.6 Å². The van der Waals surface area contributed by atoms with Crippen LogP contribution in [0.15, 0.2) is 36.7 Å². The molecule has 0 fully saturated rings. The first-order chi connectivity index (χ1) is 8.09. The summed E-state index contributed by atoms with van der Waals surface area (Å²) in [7, 11) is 0. The first kappa shape index (κ1) is 11.2. The summed E-state index contributed by atoms with van der Waals surface area (Å²) >= 11 is 0. The van der Waals surface area contributed by atoms with Crippen LogP contribution in [0.5, 0.6) is 0 Å². The van der Waals surface area contributed by atoms with Gasteiger partial charge < -0.3 is 10.3 Å². The van der Waals surface area contributed by atoms with E-state index in [0.717, 1.165) is 5.56 Å². The zero-order valence-corrected chi connectivity index (χ0v) is 9.33. The maximum atomic E-state index is 11.5. The van der Waals surface area contributed by atoms with Crippen LogP contribution in [0.1, 0.15) is 5.69 Å². The highest BCUT2D eigenvalue weighted by Crippen LogP contribution is 2.21. The molecule has 0 aliphatic carbocycles. The zero-order chi connectivity index (χ0) is 12.4. The van der Waals surface area contributed by atoms with E-state index in [1.165, 1.54) is 10.9 Å². The molecule has 0 aliphatic rings. The first-order valence-corrected chi connectivity index (χ1v) is 5.15.